The highest BCUT2D eigenvalue weighted by Crippen LogP contribution is 2.26. The first-order valence-corrected chi connectivity index (χ1v) is 6.29. The van der Waals surface area contributed by atoms with Crippen LogP contribution in [-0.2, 0) is 0 Å². The van der Waals surface area contributed by atoms with Crippen LogP contribution in [0, 0.1) is 5.92 Å². The van der Waals surface area contributed by atoms with Gasteiger partial charge < -0.3 is 15.3 Å². The van der Waals surface area contributed by atoms with Crippen molar-refractivity contribution in [3.05, 3.63) is 0 Å². The maximum Gasteiger partial charge on any atom is 0.317 e. The molecule has 1 aliphatic rings. The van der Waals surface area contributed by atoms with Crippen molar-refractivity contribution >= 4 is 6.03 Å². The fraction of sp³-hybridized carbons (Fsp3) is 0.917. The summed E-state index contributed by atoms with van der Waals surface area (Å²) >= 11 is 0. The van der Waals surface area contributed by atoms with Gasteiger partial charge >= 0.3 is 6.03 Å². The molecule has 0 aromatic carbocycles. The number of amides is 2. The predicted molar refractivity (Wildman–Crippen MR) is 64.3 cm³/mol. The molecule has 0 radical (unpaired) electrons. The summed E-state index contributed by atoms with van der Waals surface area (Å²) in [6.45, 7) is 3.00. The fourth-order valence-corrected chi connectivity index (χ4v) is 2.21. The van der Waals surface area contributed by atoms with Crippen LogP contribution < -0.4 is 5.32 Å². The number of aliphatic hydroxyl groups excluding tert-OH is 1. The molecule has 0 spiro atoms. The van der Waals surface area contributed by atoms with Gasteiger partial charge in [-0.2, -0.15) is 0 Å². The normalized spacial score (nSPS) is 25.2. The van der Waals surface area contributed by atoms with Crippen LogP contribution in [0.2, 0.25) is 0 Å². The molecule has 0 atom stereocenters. The van der Waals surface area contributed by atoms with Crippen molar-refractivity contribution in [3.63, 3.8) is 0 Å². The Bertz CT molecular complexity index is 213. The first kappa shape index (κ1) is 13.3. The lowest BCUT2D eigenvalue weighted by atomic mass is 9.84. The monoisotopic (exact) mass is 228 g/mol. The lowest BCUT2D eigenvalue weighted by molar-refractivity contribution is 0.190. The molecule has 4 heteroatoms. The number of nitrogens with zero attached hydrogens (tertiary/aromatic N) is 1. The van der Waals surface area contributed by atoms with Crippen LogP contribution >= 0.6 is 0 Å². The number of urea groups is 1. The molecule has 94 valence electrons. The van der Waals surface area contributed by atoms with Crippen LogP contribution in [0.3, 0.4) is 0 Å². The number of carbonyl (C=O) groups is 1. The minimum atomic E-state index is 0.0353. The molecule has 1 aliphatic carbocycles. The number of carbonyl (C=O) groups excluding carboxylic acids is 1. The van der Waals surface area contributed by atoms with Crippen molar-refractivity contribution in [1.29, 1.82) is 0 Å². The first-order chi connectivity index (χ1) is 7.67. The number of aliphatic hydroxyl groups is 1. The molecule has 0 unspecified atom stereocenters. The molecule has 0 heterocycles. The van der Waals surface area contributed by atoms with Crippen molar-refractivity contribution in [1.82, 2.24) is 10.2 Å². The third kappa shape index (κ3) is 4.00. The topological polar surface area (TPSA) is 52.6 Å². The summed E-state index contributed by atoms with van der Waals surface area (Å²) in [6.07, 6.45) is 5.26. The van der Waals surface area contributed by atoms with Gasteiger partial charge in [0.2, 0.25) is 0 Å². The molecule has 0 saturated heterocycles. The summed E-state index contributed by atoms with van der Waals surface area (Å²) in [7, 11) is 1.81. The van der Waals surface area contributed by atoms with E-state index in [2.05, 4.69) is 5.32 Å². The molecular formula is C12H24N2O2. The Morgan fingerprint density at radius 1 is 1.38 bits per heavy atom. The van der Waals surface area contributed by atoms with Crippen molar-refractivity contribution in [2.75, 3.05) is 20.2 Å². The average Bonchev–Trinajstić information content (AvgIpc) is 2.31. The smallest absolute Gasteiger partial charge is 0.317 e. The van der Waals surface area contributed by atoms with Crippen LogP contribution in [0.25, 0.3) is 0 Å². The van der Waals surface area contributed by atoms with E-state index in [0.29, 0.717) is 18.6 Å². The van der Waals surface area contributed by atoms with Gasteiger partial charge in [0, 0.05) is 26.2 Å². The third-order valence-electron chi connectivity index (χ3n) is 3.53. The van der Waals surface area contributed by atoms with Gasteiger partial charge in [-0.05, 0) is 44.9 Å². The maximum absolute atomic E-state index is 11.6. The zero-order valence-electron chi connectivity index (χ0n) is 10.4. The molecule has 2 N–H and O–H groups in total. The number of nitrogens with one attached hydrogen (secondary N) is 1. The summed E-state index contributed by atoms with van der Waals surface area (Å²) < 4.78 is 0. The van der Waals surface area contributed by atoms with Gasteiger partial charge in [0.25, 0.3) is 0 Å². The molecule has 4 nitrogen and oxygen atoms in total. The highest BCUT2D eigenvalue weighted by atomic mass is 16.3. The molecule has 1 fully saturated rings. The SMILES string of the molecule is CCN(C)C(=O)N[C@H]1CC[C@H](CCO)CC1. The van der Waals surface area contributed by atoms with Gasteiger partial charge in [-0.25, -0.2) is 4.79 Å². The minimum absolute atomic E-state index is 0.0353. The zero-order valence-corrected chi connectivity index (χ0v) is 10.4. The quantitative estimate of drug-likeness (QED) is 0.767. The molecule has 1 rings (SSSR count). The van der Waals surface area contributed by atoms with Crippen molar-refractivity contribution in [2.45, 2.75) is 45.1 Å². The maximum atomic E-state index is 11.6. The van der Waals surface area contributed by atoms with Crippen LogP contribution in [0.15, 0.2) is 0 Å². The summed E-state index contributed by atoms with van der Waals surface area (Å²) in [4.78, 5) is 13.3. The molecule has 1 saturated carbocycles. The van der Waals surface area contributed by atoms with Gasteiger partial charge in [0.1, 0.15) is 0 Å². The third-order valence-corrected chi connectivity index (χ3v) is 3.53. The van der Waals surface area contributed by atoms with Crippen LogP contribution in [0.5, 0.6) is 0 Å². The number of hydrogen-bond donors (Lipinski definition) is 2. The second-order valence-corrected chi connectivity index (χ2v) is 4.69. The van der Waals surface area contributed by atoms with Crippen molar-refractivity contribution in [3.8, 4) is 0 Å². The second-order valence-electron chi connectivity index (χ2n) is 4.69. The van der Waals surface area contributed by atoms with E-state index in [0.717, 1.165) is 38.6 Å². The Balaban J connectivity index is 2.24. The Morgan fingerprint density at radius 3 is 2.50 bits per heavy atom. The van der Waals surface area contributed by atoms with E-state index in [1.54, 1.807) is 4.90 Å². The van der Waals surface area contributed by atoms with Crippen LogP contribution in [0.4, 0.5) is 4.79 Å². The van der Waals surface area contributed by atoms with Gasteiger partial charge in [0.05, 0.1) is 0 Å². The van der Waals surface area contributed by atoms with Gasteiger partial charge in [0.15, 0.2) is 0 Å². The molecule has 0 bridgehead atoms. The first-order valence-electron chi connectivity index (χ1n) is 6.29. The molecule has 0 aromatic rings. The summed E-state index contributed by atoms with van der Waals surface area (Å²) in [6, 6.07) is 0.365. The van der Waals surface area contributed by atoms with E-state index in [1.807, 2.05) is 14.0 Å². The van der Waals surface area contributed by atoms with Gasteiger partial charge in [-0.3, -0.25) is 0 Å². The van der Waals surface area contributed by atoms with Crippen molar-refractivity contribution < 1.29 is 9.90 Å². The molecular weight excluding hydrogens is 204 g/mol. The Hall–Kier alpha value is -0.770. The van der Waals surface area contributed by atoms with E-state index in [-0.39, 0.29) is 6.03 Å². The molecule has 0 aromatic heterocycles. The Morgan fingerprint density at radius 2 is 2.00 bits per heavy atom. The Labute approximate surface area is 98.0 Å². The fourth-order valence-electron chi connectivity index (χ4n) is 2.21. The van der Waals surface area contributed by atoms with Crippen LogP contribution in [0.1, 0.15) is 39.0 Å². The Kier molecular flexibility index (Phi) is 5.60. The van der Waals surface area contributed by atoms with E-state index >= 15 is 0 Å². The number of rotatable bonds is 4. The second kappa shape index (κ2) is 6.74. The highest BCUT2D eigenvalue weighted by molar-refractivity contribution is 5.74. The zero-order chi connectivity index (χ0) is 12.0. The standard InChI is InChI=1S/C12H24N2O2/c1-3-14(2)12(16)13-11-6-4-10(5-7-11)8-9-15/h10-11,15H,3-9H2,1-2H3,(H,13,16)/t10-,11-. The largest absolute Gasteiger partial charge is 0.396 e. The predicted octanol–water partition coefficient (Wildman–Crippen LogP) is 1.59. The van der Waals surface area contributed by atoms with Crippen molar-refractivity contribution in [2.24, 2.45) is 5.92 Å². The van der Waals surface area contributed by atoms with E-state index < -0.39 is 0 Å². The minimum Gasteiger partial charge on any atom is -0.396 e. The molecule has 2 amide bonds. The average molecular weight is 228 g/mol. The lowest BCUT2D eigenvalue weighted by Gasteiger charge is -2.30. The lowest BCUT2D eigenvalue weighted by Crippen LogP contribution is -2.44. The highest BCUT2D eigenvalue weighted by Gasteiger charge is 2.22. The molecule has 16 heavy (non-hydrogen) atoms. The van der Waals surface area contributed by atoms with Crippen LogP contribution in [-0.4, -0.2) is 42.3 Å². The summed E-state index contributed by atoms with van der Waals surface area (Å²) in [5.74, 6) is 0.655. The van der Waals surface area contributed by atoms with Gasteiger partial charge in [-0.15, -0.1) is 0 Å². The summed E-state index contributed by atoms with van der Waals surface area (Å²) in [5.41, 5.74) is 0. The molecule has 0 aliphatic heterocycles. The van der Waals surface area contributed by atoms with Gasteiger partial charge in [-0.1, -0.05) is 0 Å². The van der Waals surface area contributed by atoms with E-state index in [4.69, 9.17) is 5.11 Å². The van der Waals surface area contributed by atoms with E-state index in [9.17, 15) is 4.79 Å². The summed E-state index contributed by atoms with van der Waals surface area (Å²) in [5, 5.41) is 11.9. The van der Waals surface area contributed by atoms with E-state index in [1.165, 1.54) is 0 Å². The number of hydrogen-bond acceptors (Lipinski definition) is 2.